The number of benzene rings is 1. The maximum Gasteiger partial charge on any atom is 0.0771 e. The van der Waals surface area contributed by atoms with E-state index < -0.39 is 5.60 Å². The minimum absolute atomic E-state index is 0.481. The largest absolute Gasteiger partial charge is 0.389 e. The highest BCUT2D eigenvalue weighted by Gasteiger charge is 2.31. The Morgan fingerprint density at radius 1 is 1.16 bits per heavy atom. The van der Waals surface area contributed by atoms with Crippen LogP contribution in [0.25, 0.3) is 0 Å². The molecule has 0 bridgehead atoms. The first-order chi connectivity index (χ1) is 8.97. The van der Waals surface area contributed by atoms with Gasteiger partial charge in [-0.3, -0.25) is 0 Å². The van der Waals surface area contributed by atoms with Crippen molar-refractivity contribution in [2.75, 3.05) is 6.54 Å². The van der Waals surface area contributed by atoms with Crippen LogP contribution in [0.2, 0.25) is 0 Å². The van der Waals surface area contributed by atoms with Crippen LogP contribution in [-0.2, 0) is 6.54 Å². The fourth-order valence-corrected chi connectivity index (χ4v) is 3.09. The highest BCUT2D eigenvalue weighted by molar-refractivity contribution is 5.28. The molecule has 1 aromatic carbocycles. The molecule has 0 atom stereocenters. The van der Waals surface area contributed by atoms with Crippen molar-refractivity contribution in [3.63, 3.8) is 0 Å². The molecule has 1 aliphatic rings. The second kappa shape index (κ2) is 6.06. The summed E-state index contributed by atoms with van der Waals surface area (Å²) in [6.07, 6.45) is 4.19. The first-order valence-electron chi connectivity index (χ1n) is 7.47. The van der Waals surface area contributed by atoms with E-state index in [0.29, 0.717) is 6.54 Å². The molecule has 2 N–H and O–H groups in total. The molecule has 2 heteroatoms. The molecule has 1 aromatic rings. The average molecular weight is 261 g/mol. The van der Waals surface area contributed by atoms with Crippen molar-refractivity contribution in [3.05, 3.63) is 34.9 Å². The van der Waals surface area contributed by atoms with Crippen molar-refractivity contribution in [2.45, 2.75) is 58.6 Å². The Labute approximate surface area is 117 Å². The molecule has 1 saturated carbocycles. The molecule has 0 spiro atoms. The van der Waals surface area contributed by atoms with Gasteiger partial charge in [0.25, 0.3) is 0 Å². The summed E-state index contributed by atoms with van der Waals surface area (Å²) in [6.45, 7) is 8.11. The molecule has 0 saturated heterocycles. The summed E-state index contributed by atoms with van der Waals surface area (Å²) in [6, 6.07) is 6.62. The Balaban J connectivity index is 1.83. The predicted octanol–water partition coefficient (Wildman–Crippen LogP) is 3.33. The minimum Gasteiger partial charge on any atom is -0.389 e. The molecule has 0 heterocycles. The maximum absolute atomic E-state index is 10.5. The summed E-state index contributed by atoms with van der Waals surface area (Å²) in [5.41, 5.74) is 3.44. The first-order valence-corrected chi connectivity index (χ1v) is 7.47. The van der Waals surface area contributed by atoms with Crippen molar-refractivity contribution >= 4 is 0 Å². The Kier molecular flexibility index (Phi) is 4.64. The third kappa shape index (κ3) is 4.32. The minimum atomic E-state index is -0.481. The number of aryl methyl sites for hydroxylation is 2. The third-order valence-corrected chi connectivity index (χ3v) is 4.27. The maximum atomic E-state index is 10.5. The molecule has 0 amide bonds. The van der Waals surface area contributed by atoms with Crippen LogP contribution in [0.4, 0.5) is 0 Å². The molecule has 0 unspecified atom stereocenters. The van der Waals surface area contributed by atoms with Gasteiger partial charge in [0.2, 0.25) is 0 Å². The van der Waals surface area contributed by atoms with Gasteiger partial charge in [0, 0.05) is 13.1 Å². The molecule has 2 nitrogen and oxygen atoms in total. The normalized spacial score (nSPS) is 27.5. The van der Waals surface area contributed by atoms with Gasteiger partial charge in [-0.2, -0.15) is 0 Å². The van der Waals surface area contributed by atoms with E-state index in [2.05, 4.69) is 44.3 Å². The van der Waals surface area contributed by atoms with E-state index in [1.165, 1.54) is 16.7 Å². The fourth-order valence-electron chi connectivity index (χ4n) is 3.09. The number of nitrogens with one attached hydrogen (secondary N) is 1. The molecular weight excluding hydrogens is 234 g/mol. The molecule has 0 aliphatic heterocycles. The highest BCUT2D eigenvalue weighted by Crippen LogP contribution is 2.31. The van der Waals surface area contributed by atoms with Crippen LogP contribution in [0.5, 0.6) is 0 Å². The fraction of sp³-hybridized carbons (Fsp3) is 0.647. The quantitative estimate of drug-likeness (QED) is 0.871. The van der Waals surface area contributed by atoms with Gasteiger partial charge in [-0.15, -0.1) is 0 Å². The van der Waals surface area contributed by atoms with Crippen molar-refractivity contribution < 1.29 is 5.11 Å². The lowest BCUT2D eigenvalue weighted by molar-refractivity contribution is -0.00630. The van der Waals surface area contributed by atoms with Crippen molar-refractivity contribution in [3.8, 4) is 0 Å². The third-order valence-electron chi connectivity index (χ3n) is 4.27. The smallest absolute Gasteiger partial charge is 0.0771 e. The highest BCUT2D eigenvalue weighted by atomic mass is 16.3. The zero-order chi connectivity index (χ0) is 13.9. The number of aliphatic hydroxyl groups is 1. The second-order valence-corrected chi connectivity index (χ2v) is 6.51. The Morgan fingerprint density at radius 3 is 2.32 bits per heavy atom. The van der Waals surface area contributed by atoms with E-state index in [-0.39, 0.29) is 0 Å². The van der Waals surface area contributed by atoms with Crippen LogP contribution >= 0.6 is 0 Å². The lowest BCUT2D eigenvalue weighted by Crippen LogP contribution is -2.43. The van der Waals surface area contributed by atoms with Crippen molar-refractivity contribution in [2.24, 2.45) is 5.92 Å². The van der Waals surface area contributed by atoms with Gasteiger partial charge in [0.1, 0.15) is 0 Å². The van der Waals surface area contributed by atoms with Gasteiger partial charge < -0.3 is 10.4 Å². The summed E-state index contributed by atoms with van der Waals surface area (Å²) in [4.78, 5) is 0. The molecule has 0 radical (unpaired) electrons. The first kappa shape index (κ1) is 14.5. The van der Waals surface area contributed by atoms with Crippen LogP contribution in [-0.4, -0.2) is 17.3 Å². The van der Waals surface area contributed by atoms with Crippen LogP contribution in [0.3, 0.4) is 0 Å². The lowest BCUT2D eigenvalue weighted by atomic mass is 9.79. The van der Waals surface area contributed by atoms with Crippen LogP contribution in [0.15, 0.2) is 18.2 Å². The van der Waals surface area contributed by atoms with Gasteiger partial charge in [0.05, 0.1) is 5.60 Å². The molecule has 1 fully saturated rings. The number of rotatable bonds is 4. The standard InChI is InChI=1S/C17H27NO/c1-13-4-6-17(19,7-5-13)12-18-11-16-9-14(2)8-15(3)10-16/h8-10,13,18-19H,4-7,11-12H2,1-3H3. The monoisotopic (exact) mass is 261 g/mol. The van der Waals surface area contributed by atoms with E-state index in [4.69, 9.17) is 0 Å². The van der Waals surface area contributed by atoms with E-state index in [9.17, 15) is 5.11 Å². The van der Waals surface area contributed by atoms with Crippen LogP contribution in [0.1, 0.15) is 49.3 Å². The Morgan fingerprint density at radius 2 is 1.74 bits per heavy atom. The molecular formula is C17H27NO. The van der Waals surface area contributed by atoms with Crippen molar-refractivity contribution in [1.29, 1.82) is 0 Å². The summed E-state index contributed by atoms with van der Waals surface area (Å²) in [7, 11) is 0. The molecule has 106 valence electrons. The Bertz CT molecular complexity index is 399. The molecule has 1 aliphatic carbocycles. The number of hydrogen-bond acceptors (Lipinski definition) is 2. The van der Waals surface area contributed by atoms with E-state index in [1.807, 2.05) is 0 Å². The van der Waals surface area contributed by atoms with Crippen LogP contribution in [0, 0.1) is 19.8 Å². The van der Waals surface area contributed by atoms with E-state index >= 15 is 0 Å². The second-order valence-electron chi connectivity index (χ2n) is 6.51. The average Bonchev–Trinajstić information content (AvgIpc) is 2.32. The molecule has 2 rings (SSSR count). The van der Waals surface area contributed by atoms with Gasteiger partial charge in [0.15, 0.2) is 0 Å². The molecule has 0 aromatic heterocycles. The lowest BCUT2D eigenvalue weighted by Gasteiger charge is -2.35. The van der Waals surface area contributed by atoms with Gasteiger partial charge in [-0.1, -0.05) is 36.2 Å². The van der Waals surface area contributed by atoms with Crippen molar-refractivity contribution in [1.82, 2.24) is 5.32 Å². The summed E-state index contributed by atoms with van der Waals surface area (Å²) >= 11 is 0. The zero-order valence-electron chi connectivity index (χ0n) is 12.5. The van der Waals surface area contributed by atoms with Gasteiger partial charge >= 0.3 is 0 Å². The van der Waals surface area contributed by atoms with E-state index in [1.54, 1.807) is 0 Å². The topological polar surface area (TPSA) is 32.3 Å². The zero-order valence-corrected chi connectivity index (χ0v) is 12.5. The predicted molar refractivity (Wildman–Crippen MR) is 80.2 cm³/mol. The summed E-state index contributed by atoms with van der Waals surface area (Å²) in [5, 5.41) is 13.9. The number of hydrogen-bond donors (Lipinski definition) is 2. The SMILES string of the molecule is Cc1cc(C)cc(CNCC2(O)CCC(C)CC2)c1. The summed E-state index contributed by atoms with van der Waals surface area (Å²) < 4.78 is 0. The summed E-state index contributed by atoms with van der Waals surface area (Å²) in [5.74, 6) is 0.777. The molecule has 19 heavy (non-hydrogen) atoms. The van der Waals surface area contributed by atoms with Crippen LogP contribution < -0.4 is 5.32 Å². The van der Waals surface area contributed by atoms with Gasteiger partial charge in [-0.25, -0.2) is 0 Å². The van der Waals surface area contributed by atoms with E-state index in [0.717, 1.165) is 38.1 Å². The van der Waals surface area contributed by atoms with Gasteiger partial charge in [-0.05, 0) is 51.0 Å². The Hall–Kier alpha value is -0.860.